The Morgan fingerprint density at radius 1 is 1.39 bits per heavy atom. The summed E-state index contributed by atoms with van der Waals surface area (Å²) in [5, 5.41) is 0. The maximum atomic E-state index is 11.5. The molecule has 1 aromatic rings. The Morgan fingerprint density at radius 3 is 2.61 bits per heavy atom. The second kappa shape index (κ2) is 4.80. The van der Waals surface area contributed by atoms with Crippen LogP contribution in [0.15, 0.2) is 18.2 Å². The lowest BCUT2D eigenvalue weighted by molar-refractivity contribution is 0.601. The van der Waals surface area contributed by atoms with E-state index in [1.165, 1.54) is 19.1 Å². The highest BCUT2D eigenvalue weighted by molar-refractivity contribution is 7.89. The Hall–Kier alpha value is -1.23. The van der Waals surface area contributed by atoms with Crippen LogP contribution in [-0.2, 0) is 15.6 Å². The lowest BCUT2D eigenvalue weighted by Crippen LogP contribution is -2.22. The molecule has 2 rings (SSSR count). The van der Waals surface area contributed by atoms with Crippen molar-refractivity contribution in [1.29, 1.82) is 0 Å². The Labute approximate surface area is 109 Å². The summed E-state index contributed by atoms with van der Waals surface area (Å²) in [6.45, 7) is 0.987. The molecule has 5 heteroatoms. The van der Waals surface area contributed by atoms with Crippen LogP contribution in [0.3, 0.4) is 0 Å². The number of hydrogen-bond acceptors (Lipinski definition) is 4. The van der Waals surface area contributed by atoms with Gasteiger partial charge in [0.05, 0.1) is 5.75 Å². The molecule has 0 aromatic heterocycles. The smallest absolute Gasteiger partial charge is 0.151 e. The van der Waals surface area contributed by atoms with Crippen LogP contribution < -0.4 is 10.6 Å². The minimum Gasteiger partial charge on any atom is -0.399 e. The van der Waals surface area contributed by atoms with Crippen LogP contribution in [0.5, 0.6) is 0 Å². The van der Waals surface area contributed by atoms with E-state index in [-0.39, 0.29) is 5.75 Å². The van der Waals surface area contributed by atoms with Crippen molar-refractivity contribution in [1.82, 2.24) is 0 Å². The number of nitrogens with two attached hydrogens (primary N) is 1. The van der Waals surface area contributed by atoms with Crippen LogP contribution >= 0.6 is 0 Å². The van der Waals surface area contributed by atoms with Gasteiger partial charge in [-0.3, -0.25) is 0 Å². The van der Waals surface area contributed by atoms with Crippen molar-refractivity contribution < 1.29 is 8.42 Å². The number of hydrogen-bond donors (Lipinski definition) is 1. The monoisotopic (exact) mass is 268 g/mol. The van der Waals surface area contributed by atoms with E-state index in [1.54, 1.807) is 6.07 Å². The van der Waals surface area contributed by atoms with Crippen molar-refractivity contribution in [3.05, 3.63) is 23.8 Å². The average molecular weight is 268 g/mol. The Morgan fingerprint density at radius 2 is 2.06 bits per heavy atom. The molecular weight excluding hydrogens is 248 g/mol. The predicted molar refractivity (Wildman–Crippen MR) is 75.4 cm³/mol. The summed E-state index contributed by atoms with van der Waals surface area (Å²) in [6.07, 6.45) is 3.81. The summed E-state index contributed by atoms with van der Waals surface area (Å²) >= 11 is 0. The van der Waals surface area contributed by atoms with Crippen LogP contribution in [0.2, 0.25) is 0 Å². The van der Waals surface area contributed by atoms with E-state index in [2.05, 4.69) is 4.90 Å². The average Bonchev–Trinajstić information content (AvgIpc) is 2.98. The van der Waals surface area contributed by atoms with E-state index in [0.29, 0.717) is 5.69 Å². The van der Waals surface area contributed by atoms with E-state index in [4.69, 9.17) is 5.73 Å². The lowest BCUT2D eigenvalue weighted by atomic mass is 10.1. The molecule has 1 aromatic carbocycles. The van der Waals surface area contributed by atoms with Gasteiger partial charge in [-0.1, -0.05) is 0 Å². The molecule has 0 aliphatic heterocycles. The fourth-order valence-corrected chi connectivity index (χ4v) is 2.96. The van der Waals surface area contributed by atoms with E-state index < -0.39 is 9.84 Å². The number of nitrogens with zero attached hydrogens (tertiary/aromatic N) is 1. The molecule has 100 valence electrons. The zero-order chi connectivity index (χ0) is 13.3. The minimum atomic E-state index is -3.05. The molecule has 1 fully saturated rings. The van der Waals surface area contributed by atoms with Crippen LogP contribution in [0, 0.1) is 5.92 Å². The van der Waals surface area contributed by atoms with Gasteiger partial charge in [-0.25, -0.2) is 8.42 Å². The first-order valence-corrected chi connectivity index (χ1v) is 8.18. The normalized spacial score (nSPS) is 15.7. The molecule has 0 radical (unpaired) electrons. The molecule has 1 aliphatic rings. The fraction of sp³-hybridized carbons (Fsp3) is 0.538. The first-order valence-electron chi connectivity index (χ1n) is 6.12. The second-order valence-corrected chi connectivity index (χ2v) is 7.42. The van der Waals surface area contributed by atoms with Gasteiger partial charge in [0, 0.05) is 31.2 Å². The van der Waals surface area contributed by atoms with Crippen molar-refractivity contribution in [2.24, 2.45) is 5.92 Å². The van der Waals surface area contributed by atoms with Crippen LogP contribution in [0.1, 0.15) is 18.4 Å². The summed E-state index contributed by atoms with van der Waals surface area (Å²) in [4.78, 5) is 2.14. The van der Waals surface area contributed by atoms with Gasteiger partial charge in [0.2, 0.25) is 0 Å². The molecule has 2 N–H and O–H groups in total. The van der Waals surface area contributed by atoms with Gasteiger partial charge < -0.3 is 10.6 Å². The molecule has 1 saturated carbocycles. The van der Waals surface area contributed by atoms with Crippen LogP contribution in [0.25, 0.3) is 0 Å². The highest BCUT2D eigenvalue weighted by Gasteiger charge is 2.24. The van der Waals surface area contributed by atoms with Crippen molar-refractivity contribution in [3.8, 4) is 0 Å². The summed E-state index contributed by atoms with van der Waals surface area (Å²) in [6, 6.07) is 5.50. The topological polar surface area (TPSA) is 63.4 Å². The maximum absolute atomic E-state index is 11.5. The molecule has 4 nitrogen and oxygen atoms in total. The van der Waals surface area contributed by atoms with Crippen molar-refractivity contribution in [3.63, 3.8) is 0 Å². The highest BCUT2D eigenvalue weighted by atomic mass is 32.2. The third-order valence-corrected chi connectivity index (χ3v) is 4.00. The lowest BCUT2D eigenvalue weighted by Gasteiger charge is -2.22. The first kappa shape index (κ1) is 13.2. The largest absolute Gasteiger partial charge is 0.399 e. The van der Waals surface area contributed by atoms with Gasteiger partial charge >= 0.3 is 0 Å². The van der Waals surface area contributed by atoms with Crippen molar-refractivity contribution in [2.75, 3.05) is 30.5 Å². The number of anilines is 2. The third-order valence-electron chi connectivity index (χ3n) is 3.16. The SMILES string of the molecule is CN(CC1CC1)c1ccc(N)cc1CS(C)(=O)=O. The molecule has 0 spiro atoms. The zero-order valence-corrected chi connectivity index (χ0v) is 11.7. The Kier molecular flexibility index (Phi) is 3.52. The van der Waals surface area contributed by atoms with Crippen molar-refractivity contribution >= 4 is 21.2 Å². The first-order chi connectivity index (χ1) is 8.35. The van der Waals surface area contributed by atoms with Gasteiger partial charge in [0.15, 0.2) is 9.84 Å². The highest BCUT2D eigenvalue weighted by Crippen LogP contribution is 2.32. The molecule has 0 heterocycles. The third kappa shape index (κ3) is 3.63. The molecular formula is C13H20N2O2S. The van der Waals surface area contributed by atoms with E-state index >= 15 is 0 Å². The summed E-state index contributed by atoms with van der Waals surface area (Å²) in [7, 11) is -1.04. The standard InChI is InChI=1S/C13H20N2O2S/c1-15(8-10-3-4-10)13-6-5-12(14)7-11(13)9-18(2,16)17/h5-7,10H,3-4,8-9,14H2,1-2H3. The summed E-state index contributed by atoms with van der Waals surface area (Å²) in [5.74, 6) is 0.807. The molecule has 0 amide bonds. The Balaban J connectivity index is 2.26. The van der Waals surface area contributed by atoms with Gasteiger partial charge in [-0.15, -0.1) is 0 Å². The summed E-state index contributed by atoms with van der Waals surface area (Å²) in [5.41, 5.74) is 8.12. The number of nitrogen functional groups attached to an aromatic ring is 1. The quantitative estimate of drug-likeness (QED) is 0.825. The van der Waals surface area contributed by atoms with E-state index in [1.807, 2.05) is 19.2 Å². The van der Waals surface area contributed by atoms with Gasteiger partial charge in [0.1, 0.15) is 0 Å². The van der Waals surface area contributed by atoms with Crippen molar-refractivity contribution in [2.45, 2.75) is 18.6 Å². The molecule has 18 heavy (non-hydrogen) atoms. The zero-order valence-electron chi connectivity index (χ0n) is 10.9. The van der Waals surface area contributed by atoms with Gasteiger partial charge in [0.25, 0.3) is 0 Å². The maximum Gasteiger partial charge on any atom is 0.151 e. The molecule has 0 unspecified atom stereocenters. The van der Waals surface area contributed by atoms with Crippen LogP contribution in [-0.4, -0.2) is 28.3 Å². The number of sulfone groups is 1. The molecule has 1 aliphatic carbocycles. The van der Waals surface area contributed by atoms with Crippen LogP contribution in [0.4, 0.5) is 11.4 Å². The predicted octanol–water partition coefficient (Wildman–Crippen LogP) is 1.66. The number of rotatable bonds is 5. The number of benzene rings is 1. The second-order valence-electron chi connectivity index (χ2n) is 5.28. The van der Waals surface area contributed by atoms with Gasteiger partial charge in [-0.2, -0.15) is 0 Å². The Bertz CT molecular complexity index is 536. The minimum absolute atomic E-state index is 0.0440. The molecule has 0 atom stereocenters. The molecule has 0 bridgehead atoms. The summed E-state index contributed by atoms with van der Waals surface area (Å²) < 4.78 is 22.9. The fourth-order valence-electron chi connectivity index (χ4n) is 2.16. The molecule has 0 saturated heterocycles. The van der Waals surface area contributed by atoms with E-state index in [0.717, 1.165) is 23.7 Å². The van der Waals surface area contributed by atoms with Gasteiger partial charge in [-0.05, 0) is 42.5 Å². The van der Waals surface area contributed by atoms with E-state index in [9.17, 15) is 8.42 Å².